The maximum absolute atomic E-state index is 12.3. The first kappa shape index (κ1) is 14.2. The molecular weight excluding hydrogens is 216 g/mol. The van der Waals surface area contributed by atoms with E-state index in [4.69, 9.17) is 0 Å². The molecule has 0 aliphatic carbocycles. The summed E-state index contributed by atoms with van der Waals surface area (Å²) < 4.78 is 48.0. The van der Waals surface area contributed by atoms with Crippen LogP contribution in [0, 0.1) is 0 Å². The van der Waals surface area contributed by atoms with Gasteiger partial charge in [0.05, 0.1) is 6.54 Å². The Balaban J connectivity index is 3.68. The van der Waals surface area contributed by atoms with Crippen molar-refractivity contribution < 1.29 is 22.4 Å². The molecule has 0 spiro atoms. The average molecular weight is 230 g/mol. The molecule has 0 unspecified atom stereocenters. The van der Waals surface area contributed by atoms with Crippen LogP contribution in [0.2, 0.25) is 0 Å². The van der Waals surface area contributed by atoms with Crippen molar-refractivity contribution in [1.29, 1.82) is 0 Å². The molecule has 90 valence electrons. The fourth-order valence-electron chi connectivity index (χ4n) is 0.751. The Labute approximate surface area is 85.4 Å². The molecule has 0 fully saturated rings. The van der Waals surface area contributed by atoms with E-state index >= 15 is 0 Å². The number of alkyl halides is 4. The third kappa shape index (κ3) is 5.56. The van der Waals surface area contributed by atoms with Crippen LogP contribution in [-0.4, -0.2) is 50.3 Å². The summed E-state index contributed by atoms with van der Waals surface area (Å²) >= 11 is 0. The third-order valence-corrected chi connectivity index (χ3v) is 1.69. The SMILES string of the molecule is CN(C)C(=O)CCNCC(F)(F)C(F)F. The molecule has 15 heavy (non-hydrogen) atoms. The van der Waals surface area contributed by atoms with Gasteiger partial charge in [-0.05, 0) is 0 Å². The van der Waals surface area contributed by atoms with E-state index < -0.39 is 18.9 Å². The van der Waals surface area contributed by atoms with E-state index in [1.165, 1.54) is 19.0 Å². The average Bonchev–Trinajstić information content (AvgIpc) is 2.11. The van der Waals surface area contributed by atoms with Crippen molar-refractivity contribution in [3.05, 3.63) is 0 Å². The molecule has 0 atom stereocenters. The number of hydrogen-bond donors (Lipinski definition) is 1. The summed E-state index contributed by atoms with van der Waals surface area (Å²) in [6, 6.07) is 0. The summed E-state index contributed by atoms with van der Waals surface area (Å²) in [7, 11) is 3.05. The highest BCUT2D eigenvalue weighted by Gasteiger charge is 2.39. The highest BCUT2D eigenvalue weighted by atomic mass is 19.3. The molecule has 0 heterocycles. The van der Waals surface area contributed by atoms with Gasteiger partial charge in [-0.2, -0.15) is 8.78 Å². The first-order chi connectivity index (χ1) is 6.77. The number of rotatable bonds is 6. The molecule has 0 aromatic rings. The molecule has 0 aliphatic heterocycles. The van der Waals surface area contributed by atoms with Gasteiger partial charge in [0.25, 0.3) is 0 Å². The van der Waals surface area contributed by atoms with Gasteiger partial charge in [-0.3, -0.25) is 4.79 Å². The summed E-state index contributed by atoms with van der Waals surface area (Å²) in [5.74, 6) is -4.29. The van der Waals surface area contributed by atoms with Crippen LogP contribution in [0.4, 0.5) is 17.6 Å². The van der Waals surface area contributed by atoms with Crippen LogP contribution in [-0.2, 0) is 4.79 Å². The van der Waals surface area contributed by atoms with Crippen LogP contribution in [0.25, 0.3) is 0 Å². The smallest absolute Gasteiger partial charge is 0.319 e. The van der Waals surface area contributed by atoms with Gasteiger partial charge < -0.3 is 10.2 Å². The molecular formula is C8H14F4N2O. The Hall–Kier alpha value is -0.850. The number of nitrogens with one attached hydrogen (secondary N) is 1. The van der Waals surface area contributed by atoms with Crippen molar-refractivity contribution in [1.82, 2.24) is 10.2 Å². The maximum Gasteiger partial charge on any atom is 0.319 e. The second-order valence-electron chi connectivity index (χ2n) is 3.28. The predicted octanol–water partition coefficient (Wildman–Crippen LogP) is 0.955. The maximum atomic E-state index is 12.3. The molecule has 3 nitrogen and oxygen atoms in total. The molecule has 0 rings (SSSR count). The molecule has 0 saturated carbocycles. The van der Waals surface area contributed by atoms with Gasteiger partial charge in [0.15, 0.2) is 0 Å². The normalized spacial score (nSPS) is 11.9. The quantitative estimate of drug-likeness (QED) is 0.544. The number of carbonyl (C=O) groups is 1. The van der Waals surface area contributed by atoms with Gasteiger partial charge in [-0.15, -0.1) is 0 Å². The summed E-state index contributed by atoms with van der Waals surface area (Å²) in [5.41, 5.74) is 0. The van der Waals surface area contributed by atoms with Crippen LogP contribution in [0.1, 0.15) is 6.42 Å². The molecule has 1 N–H and O–H groups in total. The lowest BCUT2D eigenvalue weighted by atomic mass is 10.3. The number of nitrogens with zero attached hydrogens (tertiary/aromatic N) is 1. The van der Waals surface area contributed by atoms with Crippen LogP contribution >= 0.6 is 0 Å². The summed E-state index contributed by atoms with van der Waals surface area (Å²) in [4.78, 5) is 12.3. The molecule has 0 aromatic heterocycles. The molecule has 0 aliphatic rings. The molecule has 0 aromatic carbocycles. The van der Waals surface area contributed by atoms with Crippen LogP contribution < -0.4 is 5.32 Å². The highest BCUT2D eigenvalue weighted by molar-refractivity contribution is 5.75. The van der Waals surface area contributed by atoms with E-state index in [1.54, 1.807) is 0 Å². The van der Waals surface area contributed by atoms with E-state index in [1.807, 2.05) is 0 Å². The van der Waals surface area contributed by atoms with E-state index in [2.05, 4.69) is 5.32 Å². The van der Waals surface area contributed by atoms with Gasteiger partial charge in [-0.25, -0.2) is 8.78 Å². The number of carbonyl (C=O) groups excluding carboxylic acids is 1. The Morgan fingerprint density at radius 3 is 2.33 bits per heavy atom. The van der Waals surface area contributed by atoms with Crippen LogP contribution in [0.15, 0.2) is 0 Å². The van der Waals surface area contributed by atoms with Crippen LogP contribution in [0.3, 0.4) is 0 Å². The van der Waals surface area contributed by atoms with Crippen molar-refractivity contribution in [2.24, 2.45) is 0 Å². The minimum Gasteiger partial charge on any atom is -0.349 e. The van der Waals surface area contributed by atoms with Crippen molar-refractivity contribution in [2.45, 2.75) is 18.8 Å². The molecule has 0 bridgehead atoms. The number of amides is 1. The van der Waals surface area contributed by atoms with E-state index in [0.29, 0.717) is 0 Å². The predicted molar refractivity (Wildman–Crippen MR) is 47.1 cm³/mol. The first-order valence-corrected chi connectivity index (χ1v) is 4.34. The zero-order valence-corrected chi connectivity index (χ0v) is 8.57. The second-order valence-corrected chi connectivity index (χ2v) is 3.28. The lowest BCUT2D eigenvalue weighted by Gasteiger charge is -2.16. The minimum absolute atomic E-state index is 0.00627. The standard InChI is InChI=1S/C8H14F4N2O/c1-14(2)6(15)3-4-13-5-8(11,12)7(9)10/h7,13H,3-5H2,1-2H3. The van der Waals surface area contributed by atoms with Crippen molar-refractivity contribution in [3.8, 4) is 0 Å². The van der Waals surface area contributed by atoms with Gasteiger partial charge in [0.1, 0.15) is 0 Å². The Bertz CT molecular complexity index is 209. The highest BCUT2D eigenvalue weighted by Crippen LogP contribution is 2.21. The van der Waals surface area contributed by atoms with E-state index in [9.17, 15) is 22.4 Å². The molecule has 0 radical (unpaired) electrons. The first-order valence-electron chi connectivity index (χ1n) is 4.34. The molecule has 7 heteroatoms. The van der Waals surface area contributed by atoms with Crippen LogP contribution in [0.5, 0.6) is 0 Å². The lowest BCUT2D eigenvalue weighted by Crippen LogP contribution is -2.40. The fourth-order valence-corrected chi connectivity index (χ4v) is 0.751. The second kappa shape index (κ2) is 5.89. The number of hydrogen-bond acceptors (Lipinski definition) is 2. The van der Waals surface area contributed by atoms with Crippen molar-refractivity contribution in [3.63, 3.8) is 0 Å². The lowest BCUT2D eigenvalue weighted by molar-refractivity contribution is -0.130. The Morgan fingerprint density at radius 2 is 1.93 bits per heavy atom. The third-order valence-electron chi connectivity index (χ3n) is 1.69. The summed E-state index contributed by atoms with van der Waals surface area (Å²) in [6.07, 6.45) is -3.68. The van der Waals surface area contributed by atoms with Gasteiger partial charge in [-0.1, -0.05) is 0 Å². The van der Waals surface area contributed by atoms with Gasteiger partial charge in [0, 0.05) is 27.1 Å². The van der Waals surface area contributed by atoms with Gasteiger partial charge >= 0.3 is 12.3 Å². The fraction of sp³-hybridized carbons (Fsp3) is 0.875. The topological polar surface area (TPSA) is 32.3 Å². The van der Waals surface area contributed by atoms with Gasteiger partial charge in [0.2, 0.25) is 5.91 Å². The summed E-state index contributed by atoms with van der Waals surface area (Å²) in [5, 5.41) is 2.12. The zero-order valence-electron chi connectivity index (χ0n) is 8.57. The zero-order chi connectivity index (χ0) is 12.1. The number of halogens is 4. The van der Waals surface area contributed by atoms with Crippen molar-refractivity contribution in [2.75, 3.05) is 27.2 Å². The largest absolute Gasteiger partial charge is 0.349 e. The molecule has 1 amide bonds. The summed E-state index contributed by atoms with van der Waals surface area (Å²) in [6.45, 7) is -1.16. The van der Waals surface area contributed by atoms with E-state index in [-0.39, 0.29) is 18.9 Å². The monoisotopic (exact) mass is 230 g/mol. The molecule has 0 saturated heterocycles. The Morgan fingerprint density at radius 1 is 1.40 bits per heavy atom. The van der Waals surface area contributed by atoms with Crippen molar-refractivity contribution >= 4 is 5.91 Å². The van der Waals surface area contributed by atoms with E-state index in [0.717, 1.165) is 0 Å². The Kier molecular flexibility index (Phi) is 5.56. The minimum atomic E-state index is -4.04.